The Morgan fingerprint density at radius 3 is 2.58 bits per heavy atom. The smallest absolute Gasteiger partial charge is 0.268 e. The van der Waals surface area contributed by atoms with Crippen LogP contribution in [-0.4, -0.2) is 18.2 Å². The molecule has 4 heteroatoms. The first-order valence-corrected chi connectivity index (χ1v) is 5.55. The summed E-state index contributed by atoms with van der Waals surface area (Å²) in [6, 6.07) is 0. The van der Waals surface area contributed by atoms with Gasteiger partial charge in [-0.25, -0.2) is 0 Å². The quantitative estimate of drug-likeness (QED) is 0.505. The second-order valence-electron chi connectivity index (χ2n) is 3.46. The van der Waals surface area contributed by atoms with Gasteiger partial charge in [0.1, 0.15) is 0 Å². The van der Waals surface area contributed by atoms with Gasteiger partial charge in [-0.3, -0.25) is 4.55 Å². The Bertz CT molecular complexity index is 289. The second-order valence-corrected chi connectivity index (χ2v) is 5.10. The standard InChI is InChI=1S/C8H14O3S/c1-6-3-4-8(7(2)5-6)12(9,10)11/h5,7-8H,3-4H2,1-2H3,(H,9,10,11). The summed E-state index contributed by atoms with van der Waals surface area (Å²) < 4.78 is 30.5. The molecule has 0 aromatic heterocycles. The van der Waals surface area contributed by atoms with E-state index in [4.69, 9.17) is 4.55 Å². The molecule has 0 aromatic carbocycles. The van der Waals surface area contributed by atoms with Gasteiger partial charge in [-0.05, 0) is 25.7 Å². The number of hydrogen-bond acceptors (Lipinski definition) is 2. The van der Waals surface area contributed by atoms with Crippen molar-refractivity contribution in [3.05, 3.63) is 11.6 Å². The molecule has 0 amide bonds. The molecule has 70 valence electrons. The van der Waals surface area contributed by atoms with E-state index in [0.717, 1.165) is 6.42 Å². The third-order valence-corrected chi connectivity index (χ3v) is 3.77. The molecule has 1 aliphatic rings. The molecule has 2 atom stereocenters. The molecule has 0 aromatic rings. The Morgan fingerprint density at radius 2 is 2.17 bits per heavy atom. The molecule has 3 nitrogen and oxygen atoms in total. The molecular formula is C8H14O3S. The van der Waals surface area contributed by atoms with Gasteiger partial charge >= 0.3 is 0 Å². The van der Waals surface area contributed by atoms with Crippen LogP contribution in [0.25, 0.3) is 0 Å². The Kier molecular flexibility index (Phi) is 2.58. The van der Waals surface area contributed by atoms with E-state index < -0.39 is 15.4 Å². The van der Waals surface area contributed by atoms with E-state index >= 15 is 0 Å². The zero-order chi connectivity index (χ0) is 9.35. The van der Waals surface area contributed by atoms with Crippen LogP contribution in [-0.2, 0) is 10.1 Å². The molecule has 0 saturated carbocycles. The second kappa shape index (κ2) is 3.18. The van der Waals surface area contributed by atoms with Crippen LogP contribution in [0.5, 0.6) is 0 Å². The summed E-state index contributed by atoms with van der Waals surface area (Å²) in [4.78, 5) is 0. The molecule has 0 aliphatic heterocycles. The molecule has 0 bridgehead atoms. The van der Waals surface area contributed by atoms with Gasteiger partial charge in [-0.2, -0.15) is 8.42 Å². The Balaban J connectivity index is 2.86. The van der Waals surface area contributed by atoms with Crippen molar-refractivity contribution in [3.8, 4) is 0 Å². The summed E-state index contributed by atoms with van der Waals surface area (Å²) in [6.07, 6.45) is 3.24. The third-order valence-electron chi connectivity index (χ3n) is 2.34. The van der Waals surface area contributed by atoms with Crippen molar-refractivity contribution in [1.29, 1.82) is 0 Å². The van der Waals surface area contributed by atoms with Crippen molar-refractivity contribution in [2.24, 2.45) is 5.92 Å². The van der Waals surface area contributed by atoms with Crippen molar-refractivity contribution in [3.63, 3.8) is 0 Å². The summed E-state index contributed by atoms with van der Waals surface area (Å²) in [5.41, 5.74) is 1.21. The van der Waals surface area contributed by atoms with Gasteiger partial charge in [0.05, 0.1) is 5.25 Å². The van der Waals surface area contributed by atoms with Gasteiger partial charge in [-0.1, -0.05) is 18.6 Å². The summed E-state index contributed by atoms with van der Waals surface area (Å²) >= 11 is 0. The first kappa shape index (κ1) is 9.74. The van der Waals surface area contributed by atoms with E-state index in [1.54, 1.807) is 0 Å². The SMILES string of the molecule is CC1=CC(C)C(S(=O)(=O)O)CC1. The molecule has 1 rings (SSSR count). The molecule has 0 fully saturated rings. The molecule has 0 saturated heterocycles. The van der Waals surface area contributed by atoms with Crippen LogP contribution >= 0.6 is 0 Å². The van der Waals surface area contributed by atoms with Gasteiger partial charge in [0.25, 0.3) is 10.1 Å². The first-order chi connectivity index (χ1) is 5.41. The Hall–Kier alpha value is -0.350. The van der Waals surface area contributed by atoms with Gasteiger partial charge in [-0.15, -0.1) is 0 Å². The lowest BCUT2D eigenvalue weighted by Crippen LogP contribution is -2.29. The zero-order valence-corrected chi connectivity index (χ0v) is 8.13. The average molecular weight is 190 g/mol. The maximum absolute atomic E-state index is 10.8. The lowest BCUT2D eigenvalue weighted by molar-refractivity contribution is 0.436. The monoisotopic (exact) mass is 190 g/mol. The summed E-state index contributed by atoms with van der Waals surface area (Å²) in [5, 5.41) is -0.596. The zero-order valence-electron chi connectivity index (χ0n) is 7.32. The molecular weight excluding hydrogens is 176 g/mol. The fraction of sp³-hybridized carbons (Fsp3) is 0.750. The highest BCUT2D eigenvalue weighted by molar-refractivity contribution is 7.86. The van der Waals surface area contributed by atoms with Gasteiger partial charge in [0.15, 0.2) is 0 Å². The average Bonchev–Trinajstić information content (AvgIpc) is 1.83. The highest BCUT2D eigenvalue weighted by Crippen LogP contribution is 2.27. The maximum Gasteiger partial charge on any atom is 0.268 e. The highest BCUT2D eigenvalue weighted by atomic mass is 32.2. The van der Waals surface area contributed by atoms with Gasteiger partial charge in [0, 0.05) is 0 Å². The van der Waals surface area contributed by atoms with Crippen LogP contribution in [0.15, 0.2) is 11.6 Å². The first-order valence-electron chi connectivity index (χ1n) is 4.05. The maximum atomic E-state index is 10.8. The van der Waals surface area contributed by atoms with Gasteiger partial charge < -0.3 is 0 Å². The lowest BCUT2D eigenvalue weighted by atomic mass is 9.92. The van der Waals surface area contributed by atoms with Crippen LogP contribution in [0.4, 0.5) is 0 Å². The van der Waals surface area contributed by atoms with E-state index in [1.165, 1.54) is 5.57 Å². The van der Waals surface area contributed by atoms with E-state index in [9.17, 15) is 8.42 Å². The van der Waals surface area contributed by atoms with Crippen molar-refractivity contribution in [1.82, 2.24) is 0 Å². The molecule has 0 heterocycles. The predicted molar refractivity (Wildman–Crippen MR) is 47.5 cm³/mol. The van der Waals surface area contributed by atoms with Crippen molar-refractivity contribution < 1.29 is 13.0 Å². The van der Waals surface area contributed by atoms with Gasteiger partial charge in [0.2, 0.25) is 0 Å². The van der Waals surface area contributed by atoms with Crippen LogP contribution in [0.3, 0.4) is 0 Å². The molecule has 2 unspecified atom stereocenters. The largest absolute Gasteiger partial charge is 0.285 e. The number of allylic oxidation sites excluding steroid dienone is 2. The van der Waals surface area contributed by atoms with E-state index in [-0.39, 0.29) is 5.92 Å². The fourth-order valence-electron chi connectivity index (χ4n) is 1.69. The minimum Gasteiger partial charge on any atom is -0.285 e. The lowest BCUT2D eigenvalue weighted by Gasteiger charge is -2.23. The molecule has 12 heavy (non-hydrogen) atoms. The highest BCUT2D eigenvalue weighted by Gasteiger charge is 2.30. The van der Waals surface area contributed by atoms with E-state index in [1.807, 2.05) is 19.9 Å². The molecule has 1 aliphatic carbocycles. The van der Waals surface area contributed by atoms with Crippen LogP contribution in [0.1, 0.15) is 26.7 Å². The number of rotatable bonds is 1. The van der Waals surface area contributed by atoms with E-state index in [0.29, 0.717) is 6.42 Å². The van der Waals surface area contributed by atoms with E-state index in [2.05, 4.69) is 0 Å². The molecule has 1 N–H and O–H groups in total. The normalized spacial score (nSPS) is 31.4. The Labute approximate surface area is 73.2 Å². The molecule has 0 spiro atoms. The summed E-state index contributed by atoms with van der Waals surface area (Å²) in [5.74, 6) is -0.0613. The topological polar surface area (TPSA) is 54.4 Å². The van der Waals surface area contributed by atoms with Crippen molar-refractivity contribution >= 4 is 10.1 Å². The third kappa shape index (κ3) is 2.08. The Morgan fingerprint density at radius 1 is 1.58 bits per heavy atom. The summed E-state index contributed by atoms with van der Waals surface area (Å²) in [6.45, 7) is 3.80. The minimum absolute atomic E-state index is 0.0613. The predicted octanol–water partition coefficient (Wildman–Crippen LogP) is 1.62. The summed E-state index contributed by atoms with van der Waals surface area (Å²) in [7, 11) is -3.84. The molecule has 0 radical (unpaired) electrons. The van der Waals surface area contributed by atoms with Crippen LogP contribution in [0, 0.1) is 5.92 Å². The minimum atomic E-state index is -3.84. The van der Waals surface area contributed by atoms with Crippen molar-refractivity contribution in [2.45, 2.75) is 31.9 Å². The van der Waals surface area contributed by atoms with Crippen LogP contribution in [0.2, 0.25) is 0 Å². The fourth-order valence-corrected chi connectivity index (χ4v) is 2.73. The van der Waals surface area contributed by atoms with Crippen LogP contribution < -0.4 is 0 Å². The number of hydrogen-bond donors (Lipinski definition) is 1. The van der Waals surface area contributed by atoms with Crippen molar-refractivity contribution in [2.75, 3.05) is 0 Å².